The van der Waals surface area contributed by atoms with Crippen LogP contribution in [0.4, 0.5) is 0 Å². The van der Waals surface area contributed by atoms with Crippen LogP contribution in [0.2, 0.25) is 0 Å². The first-order valence-electron chi connectivity index (χ1n) is 23.9. The summed E-state index contributed by atoms with van der Waals surface area (Å²) in [7, 11) is 0. The van der Waals surface area contributed by atoms with Gasteiger partial charge in [0.15, 0.2) is 6.10 Å². The van der Waals surface area contributed by atoms with E-state index in [2.05, 4.69) is 130 Å². The Balaban J connectivity index is 4.51. The molecule has 1 atom stereocenters. The molecular formula is C54H86O6. The SMILES string of the molecule is CC/C=C\C/C=C\C/C=C\C/C=C\CCCCCC(=O)OCC(COC(=O)CCCCCCC/C=C\C/C=C\CC)OC(=O)CCCCCC/C=C\C/C=C\C/C=C\CC. The van der Waals surface area contributed by atoms with Crippen LogP contribution >= 0.6 is 0 Å². The molecule has 60 heavy (non-hydrogen) atoms. The quantitative estimate of drug-likeness (QED) is 0.0264. The van der Waals surface area contributed by atoms with E-state index in [9.17, 15) is 14.4 Å². The molecule has 0 amide bonds. The van der Waals surface area contributed by atoms with Crippen LogP contribution in [0.1, 0.15) is 194 Å². The van der Waals surface area contributed by atoms with Gasteiger partial charge < -0.3 is 14.2 Å². The van der Waals surface area contributed by atoms with Crippen LogP contribution in [-0.4, -0.2) is 37.2 Å². The fourth-order valence-electron chi connectivity index (χ4n) is 6.01. The maximum atomic E-state index is 12.8. The lowest BCUT2D eigenvalue weighted by Crippen LogP contribution is -2.30. The largest absolute Gasteiger partial charge is 0.462 e. The first-order valence-corrected chi connectivity index (χ1v) is 23.9. The van der Waals surface area contributed by atoms with Crippen LogP contribution in [0.3, 0.4) is 0 Å². The van der Waals surface area contributed by atoms with E-state index < -0.39 is 6.10 Å². The summed E-state index contributed by atoms with van der Waals surface area (Å²) in [5, 5.41) is 0. The van der Waals surface area contributed by atoms with E-state index in [1.165, 1.54) is 0 Å². The summed E-state index contributed by atoms with van der Waals surface area (Å²) < 4.78 is 16.7. The zero-order valence-corrected chi connectivity index (χ0v) is 38.4. The highest BCUT2D eigenvalue weighted by Crippen LogP contribution is 2.12. The topological polar surface area (TPSA) is 78.9 Å². The van der Waals surface area contributed by atoms with E-state index in [0.29, 0.717) is 12.8 Å². The third-order valence-electron chi connectivity index (χ3n) is 9.50. The number of carbonyl (C=O) groups excluding carboxylic acids is 3. The number of hydrogen-bond donors (Lipinski definition) is 0. The molecule has 0 radical (unpaired) electrons. The van der Waals surface area contributed by atoms with E-state index in [-0.39, 0.29) is 37.5 Å². The van der Waals surface area contributed by atoms with Gasteiger partial charge >= 0.3 is 17.9 Å². The fraction of sp³-hybridized carbons (Fsp3) is 0.611. The molecule has 338 valence electrons. The van der Waals surface area contributed by atoms with Crippen molar-refractivity contribution in [1.82, 2.24) is 0 Å². The minimum atomic E-state index is -0.809. The molecule has 6 nitrogen and oxygen atoms in total. The third kappa shape index (κ3) is 45.2. The highest BCUT2D eigenvalue weighted by Gasteiger charge is 2.19. The number of ether oxygens (including phenoxy) is 3. The van der Waals surface area contributed by atoms with Gasteiger partial charge in [0.1, 0.15) is 13.2 Å². The average Bonchev–Trinajstić information content (AvgIpc) is 3.24. The van der Waals surface area contributed by atoms with Crippen LogP contribution < -0.4 is 0 Å². The normalized spacial score (nSPS) is 13.1. The van der Waals surface area contributed by atoms with Crippen molar-refractivity contribution in [1.29, 1.82) is 0 Å². The van der Waals surface area contributed by atoms with Crippen molar-refractivity contribution in [2.45, 2.75) is 200 Å². The zero-order valence-electron chi connectivity index (χ0n) is 38.4. The molecule has 6 heteroatoms. The highest BCUT2D eigenvalue weighted by molar-refractivity contribution is 5.71. The predicted molar refractivity (Wildman–Crippen MR) is 256 cm³/mol. The van der Waals surface area contributed by atoms with Crippen LogP contribution in [-0.2, 0) is 28.6 Å². The Hall–Kier alpha value is -3.93. The molecular weight excluding hydrogens is 745 g/mol. The van der Waals surface area contributed by atoms with Crippen molar-refractivity contribution < 1.29 is 28.6 Å². The summed E-state index contributed by atoms with van der Waals surface area (Å²) in [6, 6.07) is 0. The Kier molecular flexibility index (Phi) is 44.6. The molecule has 1 unspecified atom stereocenters. The molecule has 0 fully saturated rings. The zero-order chi connectivity index (χ0) is 43.7. The highest BCUT2D eigenvalue weighted by atomic mass is 16.6. The van der Waals surface area contributed by atoms with Crippen molar-refractivity contribution in [3.05, 3.63) is 109 Å². The maximum Gasteiger partial charge on any atom is 0.306 e. The molecule has 0 rings (SSSR count). The molecule has 0 aliphatic carbocycles. The van der Waals surface area contributed by atoms with E-state index in [0.717, 1.165) is 154 Å². The molecule has 0 aliphatic heterocycles. The molecule has 0 aromatic carbocycles. The average molecular weight is 831 g/mol. The van der Waals surface area contributed by atoms with Crippen molar-refractivity contribution in [2.75, 3.05) is 13.2 Å². The van der Waals surface area contributed by atoms with Crippen molar-refractivity contribution in [2.24, 2.45) is 0 Å². The molecule has 0 aromatic rings. The summed E-state index contributed by atoms with van der Waals surface area (Å²) in [4.78, 5) is 37.9. The Bertz CT molecular complexity index is 1280. The van der Waals surface area contributed by atoms with Crippen molar-refractivity contribution >= 4 is 17.9 Å². The van der Waals surface area contributed by atoms with E-state index in [4.69, 9.17) is 14.2 Å². The molecule has 0 heterocycles. The van der Waals surface area contributed by atoms with E-state index in [1.54, 1.807) is 0 Å². The first kappa shape index (κ1) is 56.1. The molecule has 0 aromatic heterocycles. The van der Waals surface area contributed by atoms with E-state index >= 15 is 0 Å². The summed E-state index contributed by atoms with van der Waals surface area (Å²) in [6.45, 7) is 6.21. The van der Waals surface area contributed by atoms with Gasteiger partial charge in [0.25, 0.3) is 0 Å². The lowest BCUT2D eigenvalue weighted by atomic mass is 10.1. The number of rotatable bonds is 41. The van der Waals surface area contributed by atoms with Crippen LogP contribution in [0.15, 0.2) is 109 Å². The van der Waals surface area contributed by atoms with Gasteiger partial charge in [-0.25, -0.2) is 0 Å². The first-order chi connectivity index (χ1) is 29.5. The standard InChI is InChI=1S/C54H86O6/c1-4-7-10-13-16-19-22-25-27-28-30-32-35-38-41-44-47-53(56)59-50-51(49-58-52(55)46-43-40-37-34-31-24-21-18-15-12-9-6-3)60-54(57)48-45-42-39-36-33-29-26-23-20-17-14-11-8-5-2/h7-12,16-21,25-27,29-30,32,51H,4-6,13-15,22-24,28,31,33-50H2,1-3H3/b10-7-,11-8-,12-9-,19-16-,20-17-,21-18-,27-25-,29-26-,32-30-. The third-order valence-corrected chi connectivity index (χ3v) is 9.50. The second-order valence-electron chi connectivity index (χ2n) is 15.2. The smallest absolute Gasteiger partial charge is 0.306 e. The van der Waals surface area contributed by atoms with Gasteiger partial charge in [0.2, 0.25) is 0 Å². The maximum absolute atomic E-state index is 12.8. The van der Waals surface area contributed by atoms with E-state index in [1.807, 2.05) is 0 Å². The number of esters is 3. The second kappa shape index (κ2) is 47.7. The summed E-state index contributed by atoms with van der Waals surface area (Å²) >= 11 is 0. The summed E-state index contributed by atoms with van der Waals surface area (Å²) in [6.07, 6.45) is 63.6. The van der Waals surface area contributed by atoms with Gasteiger partial charge in [0.05, 0.1) is 0 Å². The molecule has 0 N–H and O–H groups in total. The Morgan fingerprint density at radius 1 is 0.333 bits per heavy atom. The molecule has 0 saturated heterocycles. The Morgan fingerprint density at radius 2 is 0.600 bits per heavy atom. The fourth-order valence-corrected chi connectivity index (χ4v) is 6.01. The number of hydrogen-bond acceptors (Lipinski definition) is 6. The molecule has 0 saturated carbocycles. The monoisotopic (exact) mass is 831 g/mol. The minimum Gasteiger partial charge on any atom is -0.462 e. The summed E-state index contributed by atoms with van der Waals surface area (Å²) in [5.74, 6) is -0.986. The van der Waals surface area contributed by atoms with Gasteiger partial charge in [0, 0.05) is 19.3 Å². The number of allylic oxidation sites excluding steroid dienone is 18. The molecule has 0 spiro atoms. The predicted octanol–water partition coefficient (Wildman–Crippen LogP) is 15.6. The van der Waals surface area contributed by atoms with Crippen LogP contribution in [0.5, 0.6) is 0 Å². The lowest BCUT2D eigenvalue weighted by Gasteiger charge is -2.18. The van der Waals surface area contributed by atoms with Gasteiger partial charge in [-0.2, -0.15) is 0 Å². The minimum absolute atomic E-state index is 0.108. The second-order valence-corrected chi connectivity index (χ2v) is 15.2. The Morgan fingerprint density at radius 3 is 0.950 bits per heavy atom. The number of unbranched alkanes of at least 4 members (excludes halogenated alkanes) is 12. The molecule has 0 bridgehead atoms. The Labute approximate surface area is 368 Å². The van der Waals surface area contributed by atoms with Gasteiger partial charge in [-0.15, -0.1) is 0 Å². The van der Waals surface area contributed by atoms with Gasteiger partial charge in [-0.3, -0.25) is 14.4 Å². The molecule has 0 aliphatic rings. The van der Waals surface area contributed by atoms with Crippen LogP contribution in [0.25, 0.3) is 0 Å². The van der Waals surface area contributed by atoms with Crippen molar-refractivity contribution in [3.63, 3.8) is 0 Å². The lowest BCUT2D eigenvalue weighted by molar-refractivity contribution is -0.167. The summed E-state index contributed by atoms with van der Waals surface area (Å²) in [5.41, 5.74) is 0. The van der Waals surface area contributed by atoms with Crippen LogP contribution in [0, 0.1) is 0 Å². The van der Waals surface area contributed by atoms with Gasteiger partial charge in [-0.1, -0.05) is 169 Å². The van der Waals surface area contributed by atoms with Crippen molar-refractivity contribution in [3.8, 4) is 0 Å². The number of carbonyl (C=O) groups is 3. The van der Waals surface area contributed by atoms with Gasteiger partial charge in [-0.05, 0) is 116 Å².